The number of hydrogen-bond acceptors (Lipinski definition) is 3. The minimum Gasteiger partial charge on any atom is -0.496 e. The highest BCUT2D eigenvalue weighted by molar-refractivity contribution is 5.69. The van der Waals surface area contributed by atoms with Crippen LogP contribution in [0.3, 0.4) is 0 Å². The number of benzene rings is 2. The van der Waals surface area contributed by atoms with E-state index in [-0.39, 0.29) is 0 Å². The van der Waals surface area contributed by atoms with E-state index in [2.05, 4.69) is 29.2 Å². The highest BCUT2D eigenvalue weighted by Gasteiger charge is 2.15. The number of rotatable bonds is 4. The lowest BCUT2D eigenvalue weighted by molar-refractivity contribution is 0.410. The van der Waals surface area contributed by atoms with Crippen LogP contribution in [0.5, 0.6) is 5.75 Å². The van der Waals surface area contributed by atoms with Crippen molar-refractivity contribution in [3.63, 3.8) is 0 Å². The summed E-state index contributed by atoms with van der Waals surface area (Å²) in [5, 5.41) is 0. The maximum absolute atomic E-state index is 6.25. The Morgan fingerprint density at radius 1 is 1.10 bits per heavy atom. The zero-order chi connectivity index (χ0) is 14.7. The number of nitrogens with two attached hydrogens (primary N) is 1. The van der Waals surface area contributed by atoms with E-state index < -0.39 is 0 Å². The lowest BCUT2D eigenvalue weighted by Crippen LogP contribution is -2.19. The van der Waals surface area contributed by atoms with Gasteiger partial charge in [0.2, 0.25) is 0 Å². The lowest BCUT2D eigenvalue weighted by atomic mass is 10.0. The summed E-state index contributed by atoms with van der Waals surface area (Å²) >= 11 is 0. The molecule has 0 saturated carbocycles. The van der Waals surface area contributed by atoms with Gasteiger partial charge >= 0.3 is 0 Å². The van der Waals surface area contributed by atoms with E-state index in [1.807, 2.05) is 18.2 Å². The van der Waals surface area contributed by atoms with Gasteiger partial charge in [-0.05, 0) is 42.2 Å². The Bertz CT molecular complexity index is 618. The van der Waals surface area contributed by atoms with Crippen LogP contribution in [-0.2, 0) is 6.42 Å². The summed E-state index contributed by atoms with van der Waals surface area (Å²) in [5.74, 6) is 0.930. The summed E-state index contributed by atoms with van der Waals surface area (Å²) in [5.41, 5.74) is 10.7. The summed E-state index contributed by atoms with van der Waals surface area (Å²) < 4.78 is 5.41. The maximum atomic E-state index is 6.25. The summed E-state index contributed by atoms with van der Waals surface area (Å²) in [4.78, 5) is 2.38. The monoisotopic (exact) mass is 282 g/mol. The summed E-state index contributed by atoms with van der Waals surface area (Å²) in [6.45, 7) is 2.24. The Morgan fingerprint density at radius 2 is 1.86 bits per heavy atom. The number of ether oxygens (including phenoxy) is 1. The second-order valence-electron chi connectivity index (χ2n) is 5.58. The van der Waals surface area contributed by atoms with Crippen molar-refractivity contribution < 1.29 is 4.74 Å². The molecule has 21 heavy (non-hydrogen) atoms. The molecule has 0 bridgehead atoms. The van der Waals surface area contributed by atoms with Crippen LogP contribution in [-0.4, -0.2) is 20.2 Å². The van der Waals surface area contributed by atoms with E-state index in [9.17, 15) is 0 Å². The standard InChI is InChI=1S/C18H22N2O/c1-21-18-7-3-2-6-15(18)12-14-8-9-17(16(19)13-14)20-10-4-5-11-20/h2-3,6-9,13H,4-5,10-12,19H2,1H3. The molecule has 1 heterocycles. The van der Waals surface area contributed by atoms with E-state index in [1.54, 1.807) is 7.11 Å². The molecule has 0 aromatic heterocycles. The molecule has 0 atom stereocenters. The van der Waals surface area contributed by atoms with Crippen LogP contribution in [0.1, 0.15) is 24.0 Å². The molecule has 1 fully saturated rings. The predicted molar refractivity (Wildman–Crippen MR) is 88.1 cm³/mol. The van der Waals surface area contributed by atoms with Crippen LogP contribution in [0.4, 0.5) is 11.4 Å². The van der Waals surface area contributed by atoms with Crippen LogP contribution in [0.25, 0.3) is 0 Å². The number of nitrogen functional groups attached to an aromatic ring is 1. The summed E-state index contributed by atoms with van der Waals surface area (Å²) in [7, 11) is 1.71. The Hall–Kier alpha value is -2.16. The second-order valence-corrected chi connectivity index (χ2v) is 5.58. The average molecular weight is 282 g/mol. The van der Waals surface area contributed by atoms with Gasteiger partial charge in [-0.2, -0.15) is 0 Å². The van der Waals surface area contributed by atoms with Crippen LogP contribution < -0.4 is 15.4 Å². The molecule has 0 amide bonds. The van der Waals surface area contributed by atoms with E-state index >= 15 is 0 Å². The van der Waals surface area contributed by atoms with Gasteiger partial charge in [0.05, 0.1) is 18.5 Å². The number of hydrogen-bond donors (Lipinski definition) is 1. The lowest BCUT2D eigenvalue weighted by Gasteiger charge is -2.20. The molecule has 2 aromatic carbocycles. The fourth-order valence-electron chi connectivity index (χ4n) is 3.03. The van der Waals surface area contributed by atoms with Gasteiger partial charge in [0.25, 0.3) is 0 Å². The van der Waals surface area contributed by atoms with Crippen LogP contribution in [0.2, 0.25) is 0 Å². The second kappa shape index (κ2) is 6.08. The Morgan fingerprint density at radius 3 is 2.57 bits per heavy atom. The third-order valence-electron chi connectivity index (χ3n) is 4.13. The maximum Gasteiger partial charge on any atom is 0.122 e. The largest absolute Gasteiger partial charge is 0.496 e. The molecule has 1 aliphatic heterocycles. The SMILES string of the molecule is COc1ccccc1Cc1ccc(N2CCCC2)c(N)c1. The van der Waals surface area contributed by atoms with E-state index in [1.165, 1.54) is 29.7 Å². The highest BCUT2D eigenvalue weighted by atomic mass is 16.5. The molecule has 3 nitrogen and oxygen atoms in total. The third-order valence-corrected chi connectivity index (χ3v) is 4.13. The molecule has 3 heteroatoms. The molecule has 1 saturated heterocycles. The Balaban J connectivity index is 1.82. The van der Waals surface area contributed by atoms with Gasteiger partial charge in [-0.1, -0.05) is 24.3 Å². The number of anilines is 2. The van der Waals surface area contributed by atoms with Gasteiger partial charge in [-0.15, -0.1) is 0 Å². The van der Waals surface area contributed by atoms with Crippen molar-refractivity contribution in [1.82, 2.24) is 0 Å². The van der Waals surface area contributed by atoms with Crippen molar-refractivity contribution in [3.05, 3.63) is 53.6 Å². The number of nitrogens with zero attached hydrogens (tertiary/aromatic N) is 1. The zero-order valence-corrected chi connectivity index (χ0v) is 12.5. The predicted octanol–water partition coefficient (Wildman–Crippen LogP) is 3.47. The molecule has 2 N–H and O–H groups in total. The summed E-state index contributed by atoms with van der Waals surface area (Å²) in [6, 6.07) is 14.6. The first-order valence-corrected chi connectivity index (χ1v) is 7.53. The third kappa shape index (κ3) is 2.97. The fourth-order valence-corrected chi connectivity index (χ4v) is 3.03. The first kappa shape index (κ1) is 13.8. The molecule has 3 rings (SSSR count). The first-order valence-electron chi connectivity index (χ1n) is 7.53. The highest BCUT2D eigenvalue weighted by Crippen LogP contribution is 2.29. The zero-order valence-electron chi connectivity index (χ0n) is 12.5. The van der Waals surface area contributed by atoms with Crippen molar-refractivity contribution in [2.24, 2.45) is 0 Å². The van der Waals surface area contributed by atoms with Crippen molar-refractivity contribution in [3.8, 4) is 5.75 Å². The van der Waals surface area contributed by atoms with Gasteiger partial charge in [0, 0.05) is 19.5 Å². The van der Waals surface area contributed by atoms with Crippen molar-refractivity contribution in [2.45, 2.75) is 19.3 Å². The van der Waals surface area contributed by atoms with Gasteiger partial charge in [-0.3, -0.25) is 0 Å². The molecule has 0 spiro atoms. The molecule has 110 valence electrons. The molecule has 0 unspecified atom stereocenters. The van der Waals surface area contributed by atoms with Crippen LogP contribution >= 0.6 is 0 Å². The van der Waals surface area contributed by atoms with Gasteiger partial charge in [0.15, 0.2) is 0 Å². The Labute approximate surface area is 126 Å². The summed E-state index contributed by atoms with van der Waals surface area (Å²) in [6.07, 6.45) is 3.37. The molecule has 2 aromatic rings. The van der Waals surface area contributed by atoms with E-state index in [4.69, 9.17) is 10.5 Å². The molecular formula is C18H22N2O. The smallest absolute Gasteiger partial charge is 0.122 e. The topological polar surface area (TPSA) is 38.5 Å². The average Bonchev–Trinajstić information content (AvgIpc) is 3.02. The first-order chi connectivity index (χ1) is 10.3. The van der Waals surface area contributed by atoms with Crippen molar-refractivity contribution in [2.75, 3.05) is 30.8 Å². The Kier molecular flexibility index (Phi) is 4.00. The van der Waals surface area contributed by atoms with Gasteiger partial charge < -0.3 is 15.4 Å². The molecule has 0 radical (unpaired) electrons. The van der Waals surface area contributed by atoms with Crippen molar-refractivity contribution >= 4 is 11.4 Å². The van der Waals surface area contributed by atoms with Gasteiger partial charge in [-0.25, -0.2) is 0 Å². The number of methoxy groups -OCH3 is 1. The quantitative estimate of drug-likeness (QED) is 0.873. The molecule has 1 aliphatic rings. The molecule has 0 aliphatic carbocycles. The molecular weight excluding hydrogens is 260 g/mol. The normalized spacial score (nSPS) is 14.4. The minimum absolute atomic E-state index is 0.842. The fraction of sp³-hybridized carbons (Fsp3) is 0.333. The minimum atomic E-state index is 0.842. The van der Waals surface area contributed by atoms with E-state index in [0.29, 0.717) is 0 Å². The van der Waals surface area contributed by atoms with E-state index in [0.717, 1.165) is 30.9 Å². The van der Waals surface area contributed by atoms with Crippen molar-refractivity contribution in [1.29, 1.82) is 0 Å². The van der Waals surface area contributed by atoms with Crippen LogP contribution in [0.15, 0.2) is 42.5 Å². The van der Waals surface area contributed by atoms with Crippen LogP contribution in [0, 0.1) is 0 Å². The number of para-hydroxylation sites is 1. The van der Waals surface area contributed by atoms with Gasteiger partial charge in [0.1, 0.15) is 5.75 Å².